The first-order valence-electron chi connectivity index (χ1n) is 11.5. The van der Waals surface area contributed by atoms with Crippen LogP contribution < -0.4 is 0 Å². The molecule has 5 rings (SSSR count). The third-order valence-electron chi connectivity index (χ3n) is 6.23. The second-order valence-corrected chi connectivity index (χ2v) is 8.91. The zero-order chi connectivity index (χ0) is 23.7. The first-order valence-corrected chi connectivity index (χ1v) is 11.5. The SMILES string of the molecule is Cc1ccc(-c2noc(-c3cc(C)n(Cc4cccc(C(=O)N5CCN(C)CC5)c4)n3)n2)cc1. The van der Waals surface area contributed by atoms with Crippen LogP contribution in [0.25, 0.3) is 23.0 Å². The van der Waals surface area contributed by atoms with Crippen LogP contribution in [-0.2, 0) is 6.54 Å². The molecule has 0 aliphatic carbocycles. The molecular weight excluding hydrogens is 428 g/mol. The summed E-state index contributed by atoms with van der Waals surface area (Å²) in [5, 5.41) is 8.80. The predicted molar refractivity (Wildman–Crippen MR) is 129 cm³/mol. The lowest BCUT2D eigenvalue weighted by Gasteiger charge is -2.32. The summed E-state index contributed by atoms with van der Waals surface area (Å²) >= 11 is 0. The average Bonchev–Trinajstić information content (AvgIpc) is 3.47. The van der Waals surface area contributed by atoms with Gasteiger partial charge in [-0.3, -0.25) is 9.48 Å². The molecular formula is C26H28N6O2. The van der Waals surface area contributed by atoms with Gasteiger partial charge in [-0.25, -0.2) is 0 Å². The lowest BCUT2D eigenvalue weighted by atomic mass is 10.1. The van der Waals surface area contributed by atoms with Crippen LogP contribution in [0, 0.1) is 13.8 Å². The minimum absolute atomic E-state index is 0.0855. The number of rotatable bonds is 5. The maximum atomic E-state index is 13.0. The standard InChI is InChI=1S/C26H28N6O2/c1-18-7-9-21(10-8-18)24-27-25(34-29-24)23-15-19(2)32(28-23)17-20-5-4-6-22(16-20)26(33)31-13-11-30(3)12-14-31/h4-10,15-16H,11-14,17H2,1-3H3. The van der Waals surface area contributed by atoms with Crippen LogP contribution in [-0.4, -0.2) is 68.9 Å². The summed E-state index contributed by atoms with van der Waals surface area (Å²) in [7, 11) is 2.08. The highest BCUT2D eigenvalue weighted by atomic mass is 16.5. The van der Waals surface area contributed by atoms with Crippen LogP contribution in [0.4, 0.5) is 0 Å². The number of carbonyl (C=O) groups is 1. The van der Waals surface area contributed by atoms with Crippen LogP contribution in [0.15, 0.2) is 59.1 Å². The molecule has 8 heteroatoms. The molecule has 0 bridgehead atoms. The van der Waals surface area contributed by atoms with E-state index in [1.165, 1.54) is 5.56 Å². The van der Waals surface area contributed by atoms with Gasteiger partial charge in [0.1, 0.15) is 0 Å². The van der Waals surface area contributed by atoms with E-state index in [0.29, 0.717) is 29.5 Å². The maximum Gasteiger partial charge on any atom is 0.278 e. The number of amides is 1. The van der Waals surface area contributed by atoms with Gasteiger partial charge in [-0.15, -0.1) is 0 Å². The molecule has 0 unspecified atom stereocenters. The molecule has 34 heavy (non-hydrogen) atoms. The van der Waals surface area contributed by atoms with Crippen molar-refractivity contribution in [1.29, 1.82) is 0 Å². The van der Waals surface area contributed by atoms with Gasteiger partial charge < -0.3 is 14.3 Å². The Balaban J connectivity index is 1.32. The second-order valence-electron chi connectivity index (χ2n) is 8.91. The molecule has 3 heterocycles. The molecule has 174 valence electrons. The third kappa shape index (κ3) is 4.63. The first kappa shape index (κ1) is 22.0. The van der Waals surface area contributed by atoms with Crippen molar-refractivity contribution in [3.05, 3.63) is 77.0 Å². The van der Waals surface area contributed by atoms with E-state index in [-0.39, 0.29) is 5.91 Å². The molecule has 1 aliphatic heterocycles. The maximum absolute atomic E-state index is 13.0. The number of aromatic nitrogens is 4. The number of benzene rings is 2. The Hall–Kier alpha value is -3.78. The lowest BCUT2D eigenvalue weighted by molar-refractivity contribution is 0.0664. The summed E-state index contributed by atoms with van der Waals surface area (Å²) in [5.41, 5.74) is 5.42. The number of piperazine rings is 1. The largest absolute Gasteiger partial charge is 0.336 e. The van der Waals surface area contributed by atoms with Crippen molar-refractivity contribution < 1.29 is 9.32 Å². The Morgan fingerprint density at radius 3 is 2.53 bits per heavy atom. The van der Waals surface area contributed by atoms with Crippen LogP contribution in [0.3, 0.4) is 0 Å². The topological polar surface area (TPSA) is 80.3 Å². The van der Waals surface area contributed by atoms with Crippen molar-refractivity contribution in [2.45, 2.75) is 20.4 Å². The number of carbonyl (C=O) groups excluding carboxylic acids is 1. The van der Waals surface area contributed by atoms with E-state index >= 15 is 0 Å². The zero-order valence-corrected chi connectivity index (χ0v) is 19.7. The minimum Gasteiger partial charge on any atom is -0.336 e. The fraction of sp³-hybridized carbons (Fsp3) is 0.308. The van der Waals surface area contributed by atoms with E-state index in [4.69, 9.17) is 4.52 Å². The van der Waals surface area contributed by atoms with E-state index in [2.05, 4.69) is 27.2 Å². The van der Waals surface area contributed by atoms with Crippen LogP contribution in [0.2, 0.25) is 0 Å². The lowest BCUT2D eigenvalue weighted by Crippen LogP contribution is -2.47. The van der Waals surface area contributed by atoms with Gasteiger partial charge in [0.05, 0.1) is 6.54 Å². The van der Waals surface area contributed by atoms with Crippen molar-refractivity contribution >= 4 is 5.91 Å². The first-order chi connectivity index (χ1) is 16.5. The zero-order valence-electron chi connectivity index (χ0n) is 19.7. The Labute approximate surface area is 198 Å². The van der Waals surface area contributed by atoms with Gasteiger partial charge in [0.15, 0.2) is 5.69 Å². The highest BCUT2D eigenvalue weighted by Gasteiger charge is 2.21. The third-order valence-corrected chi connectivity index (χ3v) is 6.23. The Morgan fingerprint density at radius 2 is 1.76 bits per heavy atom. The summed E-state index contributed by atoms with van der Waals surface area (Å²) in [4.78, 5) is 21.7. The second kappa shape index (κ2) is 9.23. The van der Waals surface area contributed by atoms with Gasteiger partial charge in [-0.1, -0.05) is 47.1 Å². The quantitative estimate of drug-likeness (QED) is 0.456. The summed E-state index contributed by atoms with van der Waals surface area (Å²) in [6.07, 6.45) is 0. The molecule has 1 fully saturated rings. The summed E-state index contributed by atoms with van der Waals surface area (Å²) < 4.78 is 7.38. The van der Waals surface area contributed by atoms with Crippen LogP contribution >= 0.6 is 0 Å². The molecule has 0 saturated carbocycles. The summed E-state index contributed by atoms with van der Waals surface area (Å²) in [6, 6.07) is 17.7. The molecule has 1 aliphatic rings. The number of nitrogens with zero attached hydrogens (tertiary/aromatic N) is 6. The smallest absolute Gasteiger partial charge is 0.278 e. The molecule has 0 N–H and O–H groups in total. The molecule has 2 aromatic heterocycles. The van der Waals surface area contributed by atoms with E-state index in [0.717, 1.165) is 43.0 Å². The molecule has 0 radical (unpaired) electrons. The Kier molecular flexibility index (Phi) is 5.98. The van der Waals surface area contributed by atoms with Gasteiger partial charge in [0.25, 0.3) is 11.8 Å². The number of likely N-dealkylation sites (N-methyl/N-ethyl adjacent to an activating group) is 1. The minimum atomic E-state index is 0.0855. The fourth-order valence-corrected chi connectivity index (χ4v) is 4.09. The van der Waals surface area contributed by atoms with Gasteiger partial charge in [-0.2, -0.15) is 10.1 Å². The van der Waals surface area contributed by atoms with Crippen molar-refractivity contribution in [3.8, 4) is 23.0 Å². The predicted octanol–water partition coefficient (Wildman–Crippen LogP) is 3.65. The molecule has 0 spiro atoms. The van der Waals surface area contributed by atoms with Crippen molar-refractivity contribution in [2.24, 2.45) is 0 Å². The molecule has 2 aromatic carbocycles. The highest BCUT2D eigenvalue weighted by Crippen LogP contribution is 2.23. The van der Waals surface area contributed by atoms with Crippen molar-refractivity contribution in [2.75, 3.05) is 33.2 Å². The van der Waals surface area contributed by atoms with Crippen molar-refractivity contribution in [3.63, 3.8) is 0 Å². The normalized spacial score (nSPS) is 14.5. The van der Waals surface area contributed by atoms with Crippen molar-refractivity contribution in [1.82, 2.24) is 29.7 Å². The Morgan fingerprint density at radius 1 is 1.00 bits per heavy atom. The summed E-state index contributed by atoms with van der Waals surface area (Å²) in [6.45, 7) is 7.91. The molecule has 0 atom stereocenters. The van der Waals surface area contributed by atoms with E-state index < -0.39 is 0 Å². The van der Waals surface area contributed by atoms with E-state index in [1.54, 1.807) is 0 Å². The summed E-state index contributed by atoms with van der Waals surface area (Å²) in [5.74, 6) is 1.01. The van der Waals surface area contributed by atoms with Gasteiger partial charge in [0, 0.05) is 43.0 Å². The molecule has 1 saturated heterocycles. The van der Waals surface area contributed by atoms with Crippen LogP contribution in [0.5, 0.6) is 0 Å². The average molecular weight is 457 g/mol. The van der Waals surface area contributed by atoms with E-state index in [1.807, 2.05) is 78.0 Å². The number of aryl methyl sites for hydroxylation is 2. The van der Waals surface area contributed by atoms with Gasteiger partial charge in [0.2, 0.25) is 5.82 Å². The number of hydrogen-bond donors (Lipinski definition) is 0. The molecule has 4 aromatic rings. The number of hydrogen-bond acceptors (Lipinski definition) is 6. The van der Waals surface area contributed by atoms with Crippen LogP contribution in [0.1, 0.15) is 27.2 Å². The Bertz CT molecular complexity index is 1300. The van der Waals surface area contributed by atoms with Gasteiger partial charge in [-0.05, 0) is 44.7 Å². The van der Waals surface area contributed by atoms with E-state index in [9.17, 15) is 4.79 Å². The monoisotopic (exact) mass is 456 g/mol. The molecule has 8 nitrogen and oxygen atoms in total. The van der Waals surface area contributed by atoms with Gasteiger partial charge >= 0.3 is 0 Å². The molecule has 1 amide bonds. The fourth-order valence-electron chi connectivity index (χ4n) is 4.09. The highest BCUT2D eigenvalue weighted by molar-refractivity contribution is 5.94.